The van der Waals surface area contributed by atoms with Gasteiger partial charge in [0.2, 0.25) is 5.88 Å². The molecule has 3 rings (SSSR count). The molecule has 0 spiro atoms. The Hall–Kier alpha value is -2.82. The monoisotopic (exact) mass is 366 g/mol. The molecule has 1 fully saturated rings. The van der Waals surface area contributed by atoms with E-state index in [1.807, 2.05) is 49.4 Å². The number of ether oxygens (including phenoxy) is 2. The maximum absolute atomic E-state index is 12.0. The molecule has 1 saturated heterocycles. The highest BCUT2D eigenvalue weighted by molar-refractivity contribution is 6.16. The molecule has 0 bridgehead atoms. The number of hydrogen-bond acceptors (Lipinski definition) is 5. The van der Waals surface area contributed by atoms with E-state index >= 15 is 0 Å². The average molecular weight is 366 g/mol. The number of benzene rings is 1. The maximum Gasteiger partial charge on any atom is 0.338 e. The van der Waals surface area contributed by atoms with Gasteiger partial charge in [0.05, 0.1) is 12.7 Å². The number of anilines is 1. The second-order valence-corrected chi connectivity index (χ2v) is 6.52. The minimum absolute atomic E-state index is 0.334. The predicted octanol–water partition coefficient (Wildman–Crippen LogP) is 4.23. The van der Waals surface area contributed by atoms with Gasteiger partial charge in [0, 0.05) is 19.2 Å². The van der Waals surface area contributed by atoms with Crippen LogP contribution in [0, 0.1) is 0 Å². The van der Waals surface area contributed by atoms with E-state index in [0.29, 0.717) is 18.1 Å². The van der Waals surface area contributed by atoms with Gasteiger partial charge >= 0.3 is 5.97 Å². The number of methoxy groups -OCH3 is 1. The van der Waals surface area contributed by atoms with Gasteiger partial charge in [0.25, 0.3) is 0 Å². The lowest BCUT2D eigenvalue weighted by atomic mass is 10.00. The SMILES string of the molecule is CC=C(C(=O)OC)c1ccccc1COc1cccc(N2CCCCC2)n1. The molecule has 1 aromatic heterocycles. The van der Waals surface area contributed by atoms with Gasteiger partial charge in [-0.25, -0.2) is 4.79 Å². The van der Waals surface area contributed by atoms with Gasteiger partial charge in [-0.2, -0.15) is 4.98 Å². The molecule has 0 N–H and O–H groups in total. The number of rotatable bonds is 6. The third-order valence-corrected chi connectivity index (χ3v) is 4.77. The van der Waals surface area contributed by atoms with Crippen LogP contribution in [0.25, 0.3) is 5.57 Å². The summed E-state index contributed by atoms with van der Waals surface area (Å²) in [5, 5.41) is 0. The summed E-state index contributed by atoms with van der Waals surface area (Å²) in [6, 6.07) is 13.6. The third kappa shape index (κ3) is 4.67. The van der Waals surface area contributed by atoms with Gasteiger partial charge in [0.15, 0.2) is 0 Å². The van der Waals surface area contributed by atoms with Crippen LogP contribution in [0.5, 0.6) is 5.88 Å². The largest absolute Gasteiger partial charge is 0.473 e. The van der Waals surface area contributed by atoms with Crippen LogP contribution in [0.15, 0.2) is 48.5 Å². The molecule has 0 radical (unpaired) electrons. The van der Waals surface area contributed by atoms with Crippen LogP contribution in [-0.4, -0.2) is 31.2 Å². The number of carbonyl (C=O) groups excluding carboxylic acids is 1. The topological polar surface area (TPSA) is 51.7 Å². The van der Waals surface area contributed by atoms with Crippen molar-refractivity contribution in [2.24, 2.45) is 0 Å². The Kier molecular flexibility index (Phi) is 6.47. The summed E-state index contributed by atoms with van der Waals surface area (Å²) in [7, 11) is 1.39. The molecule has 2 heterocycles. The van der Waals surface area contributed by atoms with Crippen molar-refractivity contribution in [1.29, 1.82) is 0 Å². The summed E-state index contributed by atoms with van der Waals surface area (Å²) in [6.45, 7) is 4.25. The Morgan fingerprint density at radius 3 is 2.63 bits per heavy atom. The fourth-order valence-corrected chi connectivity index (χ4v) is 3.34. The molecule has 1 aromatic carbocycles. The molecule has 0 aliphatic carbocycles. The second-order valence-electron chi connectivity index (χ2n) is 6.52. The number of allylic oxidation sites excluding steroid dienone is 1. The van der Waals surface area contributed by atoms with Gasteiger partial charge in [0.1, 0.15) is 12.4 Å². The normalized spacial score (nSPS) is 14.7. The fourth-order valence-electron chi connectivity index (χ4n) is 3.34. The van der Waals surface area contributed by atoms with E-state index in [-0.39, 0.29) is 5.97 Å². The average Bonchev–Trinajstić information content (AvgIpc) is 2.74. The maximum atomic E-state index is 12.0. The van der Waals surface area contributed by atoms with Crippen molar-refractivity contribution in [3.05, 3.63) is 59.7 Å². The summed E-state index contributed by atoms with van der Waals surface area (Å²) < 4.78 is 10.8. The first-order valence-corrected chi connectivity index (χ1v) is 9.40. The van der Waals surface area contributed by atoms with E-state index in [1.54, 1.807) is 6.08 Å². The lowest BCUT2D eigenvalue weighted by molar-refractivity contribution is -0.133. The number of hydrogen-bond donors (Lipinski definition) is 0. The molecule has 27 heavy (non-hydrogen) atoms. The zero-order valence-corrected chi connectivity index (χ0v) is 16.0. The van der Waals surface area contributed by atoms with Gasteiger partial charge in [-0.15, -0.1) is 0 Å². The van der Waals surface area contributed by atoms with E-state index in [1.165, 1.54) is 26.4 Å². The van der Waals surface area contributed by atoms with E-state index in [0.717, 1.165) is 30.0 Å². The molecular weight excluding hydrogens is 340 g/mol. The zero-order chi connectivity index (χ0) is 19.1. The molecule has 5 nitrogen and oxygen atoms in total. The lowest BCUT2D eigenvalue weighted by Gasteiger charge is -2.27. The van der Waals surface area contributed by atoms with Crippen molar-refractivity contribution >= 4 is 17.4 Å². The van der Waals surface area contributed by atoms with Crippen molar-refractivity contribution in [1.82, 2.24) is 4.98 Å². The van der Waals surface area contributed by atoms with Crippen LogP contribution < -0.4 is 9.64 Å². The highest BCUT2D eigenvalue weighted by atomic mass is 16.5. The summed E-state index contributed by atoms with van der Waals surface area (Å²) >= 11 is 0. The van der Waals surface area contributed by atoms with Crippen molar-refractivity contribution < 1.29 is 14.3 Å². The molecule has 5 heteroatoms. The standard InChI is InChI=1S/C22H26N2O3/c1-3-18(22(25)26-2)19-11-6-5-10-17(19)16-27-21-13-9-12-20(23-21)24-14-7-4-8-15-24/h3,5-6,9-13H,4,7-8,14-16H2,1-2H3. The van der Waals surface area contributed by atoms with Gasteiger partial charge in [-0.05, 0) is 43.4 Å². The van der Waals surface area contributed by atoms with Crippen LogP contribution in [0.3, 0.4) is 0 Å². The Balaban J connectivity index is 1.75. The molecule has 2 aromatic rings. The summed E-state index contributed by atoms with van der Waals surface area (Å²) in [5.74, 6) is 1.20. The summed E-state index contributed by atoms with van der Waals surface area (Å²) in [4.78, 5) is 19.0. The number of esters is 1. The van der Waals surface area contributed by atoms with Gasteiger partial charge < -0.3 is 14.4 Å². The van der Waals surface area contributed by atoms with Gasteiger partial charge in [-0.3, -0.25) is 0 Å². The first-order valence-electron chi connectivity index (χ1n) is 9.40. The second kappa shape index (κ2) is 9.21. The molecule has 142 valence electrons. The minimum Gasteiger partial charge on any atom is -0.473 e. The predicted molar refractivity (Wildman–Crippen MR) is 107 cm³/mol. The summed E-state index contributed by atoms with van der Waals surface area (Å²) in [6.07, 6.45) is 5.47. The zero-order valence-electron chi connectivity index (χ0n) is 16.0. The number of piperidine rings is 1. The summed E-state index contributed by atoms with van der Waals surface area (Å²) in [5.41, 5.74) is 2.27. The van der Waals surface area contributed by atoms with E-state index in [9.17, 15) is 4.79 Å². The van der Waals surface area contributed by atoms with Crippen LogP contribution in [0.4, 0.5) is 5.82 Å². The smallest absolute Gasteiger partial charge is 0.338 e. The Bertz CT molecular complexity index is 811. The van der Waals surface area contributed by atoms with E-state index < -0.39 is 0 Å². The molecule has 1 aliphatic rings. The van der Waals surface area contributed by atoms with E-state index in [4.69, 9.17) is 9.47 Å². The lowest BCUT2D eigenvalue weighted by Crippen LogP contribution is -2.30. The fraction of sp³-hybridized carbons (Fsp3) is 0.364. The van der Waals surface area contributed by atoms with Crippen molar-refractivity contribution in [3.63, 3.8) is 0 Å². The van der Waals surface area contributed by atoms with Gasteiger partial charge in [-0.1, -0.05) is 36.4 Å². The number of carbonyl (C=O) groups is 1. The quantitative estimate of drug-likeness (QED) is 0.566. The molecule has 0 unspecified atom stereocenters. The molecule has 0 amide bonds. The van der Waals surface area contributed by atoms with Crippen molar-refractivity contribution in [2.75, 3.05) is 25.1 Å². The highest BCUT2D eigenvalue weighted by Crippen LogP contribution is 2.24. The Labute approximate surface area is 160 Å². The number of nitrogens with zero attached hydrogens (tertiary/aromatic N) is 2. The Morgan fingerprint density at radius 2 is 1.89 bits per heavy atom. The van der Waals surface area contributed by atoms with Crippen LogP contribution in [0.1, 0.15) is 37.3 Å². The molecule has 0 atom stereocenters. The third-order valence-electron chi connectivity index (χ3n) is 4.77. The molecule has 1 aliphatic heterocycles. The number of aromatic nitrogens is 1. The first kappa shape index (κ1) is 19.0. The van der Waals surface area contributed by atoms with Crippen LogP contribution in [-0.2, 0) is 16.1 Å². The van der Waals surface area contributed by atoms with E-state index in [2.05, 4.69) is 9.88 Å². The first-order chi connectivity index (χ1) is 13.2. The van der Waals surface area contributed by atoms with Crippen molar-refractivity contribution in [2.45, 2.75) is 32.8 Å². The molecule has 0 saturated carbocycles. The minimum atomic E-state index is -0.352. The highest BCUT2D eigenvalue weighted by Gasteiger charge is 2.16. The van der Waals surface area contributed by atoms with Crippen LogP contribution >= 0.6 is 0 Å². The Morgan fingerprint density at radius 1 is 1.11 bits per heavy atom. The van der Waals surface area contributed by atoms with Crippen molar-refractivity contribution in [3.8, 4) is 5.88 Å². The van der Waals surface area contributed by atoms with Crippen LogP contribution in [0.2, 0.25) is 0 Å². The molecular formula is C22H26N2O3. The number of pyridine rings is 1.